The van der Waals surface area contributed by atoms with E-state index in [1.54, 1.807) is 0 Å². The lowest BCUT2D eigenvalue weighted by Gasteiger charge is -2.19. The van der Waals surface area contributed by atoms with Crippen molar-refractivity contribution in [2.24, 2.45) is 5.92 Å². The maximum absolute atomic E-state index is 12.7. The Morgan fingerprint density at radius 3 is 2.33 bits per heavy atom. The topological polar surface area (TPSA) is 35.5 Å². The van der Waals surface area contributed by atoms with Crippen molar-refractivity contribution < 1.29 is 27.4 Å². The Morgan fingerprint density at radius 2 is 1.70 bits per heavy atom. The summed E-state index contributed by atoms with van der Waals surface area (Å²) in [5.74, 6) is -0.849. The number of carbonyl (C=O) groups excluding carboxylic acids is 1. The highest BCUT2D eigenvalue weighted by Crippen LogP contribution is 2.41. The van der Waals surface area contributed by atoms with E-state index in [9.17, 15) is 18.0 Å². The van der Waals surface area contributed by atoms with Crippen LogP contribution >= 0.6 is 0 Å². The Bertz CT molecular complexity index is 798. The van der Waals surface area contributed by atoms with Gasteiger partial charge in [0.05, 0.1) is 12.2 Å². The van der Waals surface area contributed by atoms with Crippen molar-refractivity contribution >= 4 is 5.97 Å². The molecule has 0 bridgehead atoms. The number of benzene rings is 2. The second-order valence-corrected chi connectivity index (χ2v) is 6.40. The predicted molar refractivity (Wildman–Crippen MR) is 93.6 cm³/mol. The fourth-order valence-electron chi connectivity index (χ4n) is 3.07. The van der Waals surface area contributed by atoms with E-state index in [-0.39, 0.29) is 5.92 Å². The molecule has 142 valence electrons. The minimum absolute atomic E-state index is 0.322. The lowest BCUT2D eigenvalue weighted by molar-refractivity contribution is -0.140. The second-order valence-electron chi connectivity index (χ2n) is 6.40. The van der Waals surface area contributed by atoms with Gasteiger partial charge in [-0.15, -0.1) is 0 Å². The van der Waals surface area contributed by atoms with Crippen LogP contribution in [-0.2, 0) is 27.1 Å². The van der Waals surface area contributed by atoms with E-state index in [0.29, 0.717) is 30.8 Å². The van der Waals surface area contributed by atoms with Crippen LogP contribution in [0.15, 0.2) is 66.7 Å². The van der Waals surface area contributed by atoms with Crippen molar-refractivity contribution in [3.8, 4) is 0 Å². The summed E-state index contributed by atoms with van der Waals surface area (Å²) < 4.78 is 49.2. The number of halogens is 3. The summed E-state index contributed by atoms with van der Waals surface area (Å²) in [6.07, 6.45) is -4.56. The summed E-state index contributed by atoms with van der Waals surface area (Å²) in [5, 5.41) is 0. The molecule has 2 aromatic carbocycles. The first-order valence-electron chi connectivity index (χ1n) is 8.55. The quantitative estimate of drug-likeness (QED) is 0.401. The van der Waals surface area contributed by atoms with E-state index < -0.39 is 23.8 Å². The number of hydrogen-bond acceptors (Lipinski definition) is 3. The molecule has 0 amide bonds. The monoisotopic (exact) mass is 376 g/mol. The van der Waals surface area contributed by atoms with Gasteiger partial charge in [-0.3, -0.25) is 0 Å². The van der Waals surface area contributed by atoms with Gasteiger partial charge in [-0.2, -0.15) is 13.2 Å². The summed E-state index contributed by atoms with van der Waals surface area (Å²) >= 11 is 0. The molecule has 0 spiro atoms. The van der Waals surface area contributed by atoms with Crippen LogP contribution in [0.3, 0.4) is 0 Å². The lowest BCUT2D eigenvalue weighted by Crippen LogP contribution is -2.12. The Balaban J connectivity index is 1.63. The van der Waals surface area contributed by atoms with Gasteiger partial charge in [-0.1, -0.05) is 49.0 Å². The predicted octanol–water partition coefficient (Wildman–Crippen LogP) is 5.08. The van der Waals surface area contributed by atoms with Crippen LogP contribution in [0.4, 0.5) is 13.2 Å². The molecule has 1 aliphatic rings. The number of hydrogen-bond donors (Lipinski definition) is 0. The highest BCUT2D eigenvalue weighted by atomic mass is 19.4. The maximum atomic E-state index is 12.7. The van der Waals surface area contributed by atoms with Crippen LogP contribution in [0.2, 0.25) is 0 Å². The van der Waals surface area contributed by atoms with E-state index in [1.807, 2.05) is 30.3 Å². The first-order valence-corrected chi connectivity index (χ1v) is 8.55. The molecule has 2 atom stereocenters. The van der Waals surface area contributed by atoms with Crippen LogP contribution < -0.4 is 0 Å². The zero-order valence-electron chi connectivity index (χ0n) is 14.5. The highest BCUT2D eigenvalue weighted by molar-refractivity contribution is 5.90. The third-order valence-corrected chi connectivity index (χ3v) is 4.56. The summed E-state index contributed by atoms with van der Waals surface area (Å²) in [5.41, 5.74) is 1.14. The first kappa shape index (κ1) is 19.2. The molecule has 0 N–H and O–H groups in total. The van der Waals surface area contributed by atoms with Crippen molar-refractivity contribution in [1.29, 1.82) is 0 Å². The van der Waals surface area contributed by atoms with Crippen LogP contribution in [0, 0.1) is 5.92 Å². The molecule has 27 heavy (non-hydrogen) atoms. The number of esters is 1. The van der Waals surface area contributed by atoms with Crippen LogP contribution in [0.5, 0.6) is 0 Å². The molecule has 3 nitrogen and oxygen atoms in total. The zero-order chi connectivity index (χ0) is 19.4. The minimum atomic E-state index is -4.40. The van der Waals surface area contributed by atoms with Crippen LogP contribution in [0.25, 0.3) is 0 Å². The van der Waals surface area contributed by atoms with Crippen molar-refractivity contribution in [1.82, 2.24) is 0 Å². The number of ether oxygens (including phenoxy) is 2. The van der Waals surface area contributed by atoms with E-state index in [1.165, 1.54) is 12.1 Å². The smallest absolute Gasteiger partial charge is 0.416 e. The number of rotatable bonds is 6. The first-order chi connectivity index (χ1) is 12.9. The molecule has 0 aliphatic carbocycles. The zero-order valence-corrected chi connectivity index (χ0v) is 14.5. The molecule has 3 rings (SSSR count). The average Bonchev–Trinajstić information content (AvgIpc) is 2.94. The summed E-state index contributed by atoms with van der Waals surface area (Å²) in [7, 11) is 0. The van der Waals surface area contributed by atoms with Gasteiger partial charge in [0.1, 0.15) is 6.10 Å². The number of alkyl halides is 3. The van der Waals surface area contributed by atoms with Gasteiger partial charge in [0.15, 0.2) is 0 Å². The highest BCUT2D eigenvalue weighted by Gasteiger charge is 2.39. The molecular formula is C21H19F3O3. The van der Waals surface area contributed by atoms with Gasteiger partial charge in [-0.05, 0) is 29.7 Å². The van der Waals surface area contributed by atoms with Crippen molar-refractivity contribution in [2.45, 2.75) is 25.3 Å². The Hall–Kier alpha value is -2.60. The molecule has 6 heteroatoms. The normalized spacial score (nSPS) is 20.0. The van der Waals surface area contributed by atoms with E-state index in [0.717, 1.165) is 17.7 Å². The van der Waals surface area contributed by atoms with Crippen molar-refractivity contribution in [3.05, 3.63) is 83.4 Å². The van der Waals surface area contributed by atoms with Gasteiger partial charge in [0, 0.05) is 18.1 Å². The van der Waals surface area contributed by atoms with E-state index >= 15 is 0 Å². The molecule has 2 aromatic rings. The van der Waals surface area contributed by atoms with Gasteiger partial charge in [0.25, 0.3) is 0 Å². The molecule has 0 radical (unpaired) electrons. The molecule has 1 aliphatic heterocycles. The van der Waals surface area contributed by atoms with E-state index in [4.69, 9.17) is 9.47 Å². The largest absolute Gasteiger partial charge is 0.453 e. The van der Waals surface area contributed by atoms with Gasteiger partial charge >= 0.3 is 12.1 Å². The molecule has 0 aromatic heterocycles. The van der Waals surface area contributed by atoms with Gasteiger partial charge in [-0.25, -0.2) is 4.79 Å². The molecule has 1 saturated heterocycles. The van der Waals surface area contributed by atoms with Crippen molar-refractivity contribution in [3.63, 3.8) is 0 Å². The van der Waals surface area contributed by atoms with Crippen LogP contribution in [0.1, 0.15) is 29.2 Å². The van der Waals surface area contributed by atoms with Crippen LogP contribution in [-0.4, -0.2) is 12.6 Å². The van der Waals surface area contributed by atoms with Gasteiger partial charge in [0.2, 0.25) is 0 Å². The number of cyclic esters (lactones) is 1. The lowest BCUT2D eigenvalue weighted by atomic mass is 9.89. The third kappa shape index (κ3) is 4.57. The molecule has 1 fully saturated rings. The fourth-order valence-corrected chi connectivity index (χ4v) is 3.07. The standard InChI is InChI=1S/C21H19F3O3/c1-14-18(11-12-26-13-15-5-3-2-4-6-15)19(27-20(14)25)16-7-9-17(10-8-16)21(22,23)24/h2-10,18-19H,1,11-13H2/t18-,19-/m1/s1. The molecule has 1 heterocycles. The third-order valence-electron chi connectivity index (χ3n) is 4.56. The Labute approximate surface area is 155 Å². The Kier molecular flexibility index (Phi) is 5.65. The summed E-state index contributed by atoms with van der Waals surface area (Å²) in [6, 6.07) is 14.3. The van der Waals surface area contributed by atoms with Gasteiger partial charge < -0.3 is 9.47 Å². The SMILES string of the molecule is C=C1C(=O)O[C@H](c2ccc(C(F)(F)F)cc2)[C@@H]1CCOCc1ccccc1. The van der Waals surface area contributed by atoms with E-state index in [2.05, 4.69) is 6.58 Å². The Morgan fingerprint density at radius 1 is 1.04 bits per heavy atom. The molecule has 0 saturated carbocycles. The molecule has 0 unspecified atom stereocenters. The summed E-state index contributed by atoms with van der Waals surface area (Å²) in [4.78, 5) is 11.9. The maximum Gasteiger partial charge on any atom is 0.416 e. The fraction of sp³-hybridized carbons (Fsp3) is 0.286. The summed E-state index contributed by atoms with van der Waals surface area (Å²) in [6.45, 7) is 4.60. The average molecular weight is 376 g/mol. The second kappa shape index (κ2) is 7.96. The van der Waals surface area contributed by atoms with Crippen molar-refractivity contribution in [2.75, 3.05) is 6.61 Å². The number of carbonyl (C=O) groups is 1. The molecular weight excluding hydrogens is 357 g/mol. The minimum Gasteiger partial charge on any atom is -0.453 e.